The molecule has 0 bridgehead atoms. The van der Waals surface area contributed by atoms with Crippen molar-refractivity contribution in [3.05, 3.63) is 18.0 Å². The van der Waals surface area contributed by atoms with Gasteiger partial charge in [-0.25, -0.2) is 0 Å². The van der Waals surface area contributed by atoms with E-state index in [0.29, 0.717) is 5.92 Å². The minimum Gasteiger partial charge on any atom is -0.316 e. The summed E-state index contributed by atoms with van der Waals surface area (Å²) >= 11 is 0. The van der Waals surface area contributed by atoms with Crippen molar-refractivity contribution in [2.45, 2.75) is 18.8 Å². The predicted molar refractivity (Wildman–Crippen MR) is 43.4 cm³/mol. The first-order valence-corrected chi connectivity index (χ1v) is 4.16. The van der Waals surface area contributed by atoms with Crippen molar-refractivity contribution in [2.75, 3.05) is 13.1 Å². The van der Waals surface area contributed by atoms with Crippen LogP contribution in [0.15, 0.2) is 12.4 Å². The fraction of sp³-hybridized carbons (Fsp3) is 0.625. The van der Waals surface area contributed by atoms with Gasteiger partial charge in [0.1, 0.15) is 0 Å². The van der Waals surface area contributed by atoms with Gasteiger partial charge in [0.2, 0.25) is 0 Å². The first kappa shape index (κ1) is 6.85. The van der Waals surface area contributed by atoms with Crippen molar-refractivity contribution >= 4 is 0 Å². The number of piperidine rings is 1. The van der Waals surface area contributed by atoms with Crippen LogP contribution in [0.3, 0.4) is 0 Å². The summed E-state index contributed by atoms with van der Waals surface area (Å²) in [6, 6.07) is 0. The van der Waals surface area contributed by atoms with Crippen molar-refractivity contribution in [1.82, 2.24) is 15.5 Å². The lowest BCUT2D eigenvalue weighted by molar-refractivity contribution is 0.462. The molecule has 3 heteroatoms. The molecule has 0 aliphatic carbocycles. The molecule has 0 spiro atoms. The maximum atomic E-state index is 3.94. The second kappa shape index (κ2) is 3.05. The number of rotatable bonds is 1. The van der Waals surface area contributed by atoms with E-state index in [0.717, 1.165) is 6.54 Å². The molecule has 0 amide bonds. The van der Waals surface area contributed by atoms with Gasteiger partial charge in [0.15, 0.2) is 0 Å². The molecular formula is C8H13N3. The highest BCUT2D eigenvalue weighted by Gasteiger charge is 2.14. The quantitative estimate of drug-likeness (QED) is 0.625. The maximum absolute atomic E-state index is 3.94. The smallest absolute Gasteiger partial charge is 0.0522 e. The predicted octanol–water partition coefficient (Wildman–Crippen LogP) is 0.877. The average Bonchev–Trinajstić information content (AvgIpc) is 2.58. The van der Waals surface area contributed by atoms with Crippen LogP contribution in [0.25, 0.3) is 0 Å². The minimum absolute atomic E-state index is 0.683. The molecule has 0 radical (unpaired) electrons. The van der Waals surface area contributed by atoms with Gasteiger partial charge < -0.3 is 5.32 Å². The lowest BCUT2D eigenvalue weighted by atomic mass is 9.94. The van der Waals surface area contributed by atoms with E-state index in [9.17, 15) is 0 Å². The summed E-state index contributed by atoms with van der Waals surface area (Å²) in [6.07, 6.45) is 6.51. The highest BCUT2D eigenvalue weighted by atomic mass is 15.1. The molecular weight excluding hydrogens is 138 g/mol. The number of nitrogens with zero attached hydrogens (tertiary/aromatic N) is 1. The van der Waals surface area contributed by atoms with Crippen LogP contribution in [-0.2, 0) is 0 Å². The fourth-order valence-electron chi connectivity index (χ4n) is 1.62. The van der Waals surface area contributed by atoms with Gasteiger partial charge in [0.05, 0.1) is 6.20 Å². The maximum Gasteiger partial charge on any atom is 0.0522 e. The Balaban J connectivity index is 2.04. The molecule has 1 aromatic heterocycles. The summed E-state index contributed by atoms with van der Waals surface area (Å²) < 4.78 is 0. The molecule has 1 aliphatic rings. The summed E-state index contributed by atoms with van der Waals surface area (Å²) in [7, 11) is 0. The summed E-state index contributed by atoms with van der Waals surface area (Å²) in [6.45, 7) is 2.29. The summed E-state index contributed by atoms with van der Waals surface area (Å²) in [5, 5.41) is 10.2. The van der Waals surface area contributed by atoms with Gasteiger partial charge in [-0.1, -0.05) is 0 Å². The molecule has 11 heavy (non-hydrogen) atoms. The van der Waals surface area contributed by atoms with E-state index in [4.69, 9.17) is 0 Å². The van der Waals surface area contributed by atoms with Crippen LogP contribution >= 0.6 is 0 Å². The van der Waals surface area contributed by atoms with Crippen molar-refractivity contribution in [3.8, 4) is 0 Å². The van der Waals surface area contributed by atoms with Crippen LogP contribution in [0.1, 0.15) is 24.3 Å². The molecule has 1 fully saturated rings. The van der Waals surface area contributed by atoms with Gasteiger partial charge in [-0.2, -0.15) is 5.10 Å². The molecule has 2 heterocycles. The summed E-state index contributed by atoms with van der Waals surface area (Å²) in [4.78, 5) is 0. The zero-order chi connectivity index (χ0) is 7.52. The van der Waals surface area contributed by atoms with Crippen LogP contribution in [0, 0.1) is 0 Å². The first-order chi connectivity index (χ1) is 5.47. The Labute approximate surface area is 66.2 Å². The Morgan fingerprint density at radius 1 is 1.55 bits per heavy atom. The molecule has 0 saturated carbocycles. The third-order valence-electron chi connectivity index (χ3n) is 2.29. The SMILES string of the molecule is c1n[nH]cc1[C@H]1CCCNC1. The third-order valence-corrected chi connectivity index (χ3v) is 2.29. The minimum atomic E-state index is 0.683. The molecule has 2 rings (SSSR count). The second-order valence-corrected chi connectivity index (χ2v) is 3.07. The van der Waals surface area contributed by atoms with Gasteiger partial charge in [0, 0.05) is 12.7 Å². The van der Waals surface area contributed by atoms with Crippen molar-refractivity contribution < 1.29 is 0 Å². The molecule has 2 N–H and O–H groups in total. The van der Waals surface area contributed by atoms with E-state index in [1.807, 2.05) is 12.4 Å². The normalized spacial score (nSPS) is 25.3. The molecule has 3 nitrogen and oxygen atoms in total. The van der Waals surface area contributed by atoms with E-state index in [2.05, 4.69) is 15.5 Å². The fourth-order valence-corrected chi connectivity index (χ4v) is 1.62. The molecule has 1 saturated heterocycles. The zero-order valence-electron chi connectivity index (χ0n) is 6.51. The number of H-pyrrole nitrogens is 1. The Kier molecular flexibility index (Phi) is 1.90. The average molecular weight is 151 g/mol. The molecule has 0 aromatic carbocycles. The highest BCUT2D eigenvalue weighted by Crippen LogP contribution is 2.21. The Hall–Kier alpha value is -0.830. The van der Waals surface area contributed by atoms with Crippen molar-refractivity contribution in [1.29, 1.82) is 0 Å². The third kappa shape index (κ3) is 1.43. The van der Waals surface area contributed by atoms with Crippen LogP contribution in [0.5, 0.6) is 0 Å². The highest BCUT2D eigenvalue weighted by molar-refractivity contribution is 5.11. The Morgan fingerprint density at radius 3 is 3.18 bits per heavy atom. The van der Waals surface area contributed by atoms with Crippen LogP contribution < -0.4 is 5.32 Å². The Bertz CT molecular complexity index is 199. The standard InChI is InChI=1S/C8H13N3/c1-2-7(4-9-3-1)8-5-10-11-6-8/h5-7,9H,1-4H2,(H,10,11)/t7-/m0/s1. The molecule has 1 aromatic rings. The van der Waals surface area contributed by atoms with Gasteiger partial charge in [0.25, 0.3) is 0 Å². The van der Waals surface area contributed by atoms with Gasteiger partial charge in [-0.3, -0.25) is 5.10 Å². The van der Waals surface area contributed by atoms with Crippen molar-refractivity contribution in [3.63, 3.8) is 0 Å². The van der Waals surface area contributed by atoms with Crippen LogP contribution in [0.2, 0.25) is 0 Å². The number of nitrogens with one attached hydrogen (secondary N) is 2. The van der Waals surface area contributed by atoms with E-state index >= 15 is 0 Å². The van der Waals surface area contributed by atoms with E-state index in [1.54, 1.807) is 0 Å². The molecule has 1 atom stereocenters. The van der Waals surface area contributed by atoms with Crippen molar-refractivity contribution in [2.24, 2.45) is 0 Å². The number of hydrogen-bond acceptors (Lipinski definition) is 2. The first-order valence-electron chi connectivity index (χ1n) is 4.16. The number of aromatic amines is 1. The topological polar surface area (TPSA) is 40.7 Å². The van der Waals surface area contributed by atoms with Crippen LogP contribution in [0.4, 0.5) is 0 Å². The molecule has 60 valence electrons. The monoisotopic (exact) mass is 151 g/mol. The zero-order valence-corrected chi connectivity index (χ0v) is 6.51. The van der Waals surface area contributed by atoms with Gasteiger partial charge in [-0.15, -0.1) is 0 Å². The summed E-state index contributed by atoms with van der Waals surface area (Å²) in [5.74, 6) is 0.683. The largest absolute Gasteiger partial charge is 0.316 e. The summed E-state index contributed by atoms with van der Waals surface area (Å²) in [5.41, 5.74) is 1.34. The van der Waals surface area contributed by atoms with Gasteiger partial charge >= 0.3 is 0 Å². The molecule has 1 aliphatic heterocycles. The second-order valence-electron chi connectivity index (χ2n) is 3.07. The molecule has 0 unspecified atom stereocenters. The van der Waals surface area contributed by atoms with Gasteiger partial charge in [-0.05, 0) is 30.9 Å². The number of aromatic nitrogens is 2. The van der Waals surface area contributed by atoms with E-state index in [1.165, 1.54) is 24.9 Å². The lowest BCUT2D eigenvalue weighted by Crippen LogP contribution is -2.28. The lowest BCUT2D eigenvalue weighted by Gasteiger charge is -2.21. The Morgan fingerprint density at radius 2 is 2.55 bits per heavy atom. The number of hydrogen-bond donors (Lipinski definition) is 2. The van der Waals surface area contributed by atoms with E-state index < -0.39 is 0 Å². The van der Waals surface area contributed by atoms with E-state index in [-0.39, 0.29) is 0 Å². The van der Waals surface area contributed by atoms with Crippen LogP contribution in [-0.4, -0.2) is 23.3 Å².